The van der Waals surface area contributed by atoms with E-state index in [0.717, 1.165) is 0 Å². The number of hydrogen-bond acceptors (Lipinski definition) is 3. The number of rotatable bonds is 2. The van der Waals surface area contributed by atoms with Crippen molar-refractivity contribution in [2.24, 2.45) is 0 Å². The average Bonchev–Trinajstić information content (AvgIpc) is 1.87. The molecular weight excluding hydrogens is 120 g/mol. The van der Waals surface area contributed by atoms with E-state index in [1.165, 1.54) is 13.2 Å². The van der Waals surface area contributed by atoms with E-state index in [-0.39, 0.29) is 6.61 Å². The quantitative estimate of drug-likeness (QED) is 0.426. The van der Waals surface area contributed by atoms with Crippen LogP contribution in [0.4, 0.5) is 0 Å². The number of hydrogen-bond donors (Lipinski definition) is 1. The molecular formula is C6H10O3. The minimum absolute atomic E-state index is 0.124. The molecule has 0 saturated carbocycles. The fourth-order valence-corrected chi connectivity index (χ4v) is 0.381. The number of carbonyl (C=O) groups is 1. The summed E-state index contributed by atoms with van der Waals surface area (Å²) in [6.07, 6.45) is 1.39. The van der Waals surface area contributed by atoms with Gasteiger partial charge < -0.3 is 9.84 Å². The number of aliphatic hydroxyl groups excluding tert-OH is 1. The Morgan fingerprint density at radius 3 is 2.67 bits per heavy atom. The van der Waals surface area contributed by atoms with Crippen molar-refractivity contribution in [1.29, 1.82) is 0 Å². The highest BCUT2D eigenvalue weighted by molar-refractivity contribution is 5.87. The predicted molar refractivity (Wildman–Crippen MR) is 32.9 cm³/mol. The largest absolute Gasteiger partial charge is 0.466 e. The van der Waals surface area contributed by atoms with Crippen LogP contribution in [-0.4, -0.2) is 24.8 Å². The van der Waals surface area contributed by atoms with Crippen LogP contribution in [0.2, 0.25) is 0 Å². The Morgan fingerprint density at radius 2 is 2.33 bits per heavy atom. The van der Waals surface area contributed by atoms with E-state index in [0.29, 0.717) is 5.57 Å². The third-order valence-corrected chi connectivity index (χ3v) is 0.905. The highest BCUT2D eigenvalue weighted by Crippen LogP contribution is 1.92. The lowest BCUT2D eigenvalue weighted by Crippen LogP contribution is -2.01. The van der Waals surface area contributed by atoms with Gasteiger partial charge in [0.25, 0.3) is 0 Å². The van der Waals surface area contributed by atoms with Crippen LogP contribution in [0.5, 0.6) is 0 Å². The van der Waals surface area contributed by atoms with Crippen molar-refractivity contribution in [3.05, 3.63) is 11.6 Å². The molecule has 0 unspecified atom stereocenters. The van der Waals surface area contributed by atoms with Gasteiger partial charge in [0.05, 0.1) is 13.7 Å². The third kappa shape index (κ3) is 2.87. The van der Waals surface area contributed by atoms with Crippen molar-refractivity contribution in [2.75, 3.05) is 13.7 Å². The first-order valence-corrected chi connectivity index (χ1v) is 2.58. The second kappa shape index (κ2) is 4.09. The molecule has 0 spiro atoms. The van der Waals surface area contributed by atoms with E-state index in [1.54, 1.807) is 6.92 Å². The van der Waals surface area contributed by atoms with Crippen LogP contribution < -0.4 is 0 Å². The molecule has 9 heavy (non-hydrogen) atoms. The standard InChI is InChI=1S/C6H10O3/c1-5(3-4-7)6(8)9-2/h3,7H,4H2,1-2H3. The van der Waals surface area contributed by atoms with Gasteiger partial charge in [-0.2, -0.15) is 0 Å². The lowest BCUT2D eigenvalue weighted by molar-refractivity contribution is -0.136. The first-order valence-electron chi connectivity index (χ1n) is 2.58. The fourth-order valence-electron chi connectivity index (χ4n) is 0.381. The molecule has 0 aliphatic carbocycles. The van der Waals surface area contributed by atoms with Crippen molar-refractivity contribution >= 4 is 5.97 Å². The van der Waals surface area contributed by atoms with E-state index in [4.69, 9.17) is 5.11 Å². The van der Waals surface area contributed by atoms with Crippen molar-refractivity contribution in [1.82, 2.24) is 0 Å². The van der Waals surface area contributed by atoms with Gasteiger partial charge in [-0.1, -0.05) is 0 Å². The Morgan fingerprint density at radius 1 is 1.78 bits per heavy atom. The molecule has 52 valence electrons. The maximum Gasteiger partial charge on any atom is 0.333 e. The van der Waals surface area contributed by atoms with E-state index in [2.05, 4.69) is 4.74 Å². The predicted octanol–water partition coefficient (Wildman–Crippen LogP) is 0.0980. The Bertz CT molecular complexity index is 126. The van der Waals surface area contributed by atoms with Gasteiger partial charge in [-0.3, -0.25) is 0 Å². The molecule has 0 aromatic rings. The molecule has 0 heterocycles. The van der Waals surface area contributed by atoms with E-state index >= 15 is 0 Å². The minimum atomic E-state index is -0.399. The van der Waals surface area contributed by atoms with Crippen LogP contribution in [0.1, 0.15) is 6.92 Å². The molecule has 0 fully saturated rings. The van der Waals surface area contributed by atoms with Gasteiger partial charge in [-0.05, 0) is 13.0 Å². The summed E-state index contributed by atoms with van der Waals surface area (Å²) < 4.78 is 4.35. The van der Waals surface area contributed by atoms with E-state index < -0.39 is 5.97 Å². The molecule has 0 amide bonds. The van der Waals surface area contributed by atoms with Gasteiger partial charge in [0.2, 0.25) is 0 Å². The smallest absolute Gasteiger partial charge is 0.333 e. The van der Waals surface area contributed by atoms with Crippen LogP contribution >= 0.6 is 0 Å². The Balaban J connectivity index is 3.86. The molecule has 0 aromatic heterocycles. The molecule has 0 rings (SSSR count). The van der Waals surface area contributed by atoms with Gasteiger partial charge in [0, 0.05) is 5.57 Å². The number of esters is 1. The number of carbonyl (C=O) groups excluding carboxylic acids is 1. The normalized spacial score (nSPS) is 11.2. The molecule has 0 aromatic carbocycles. The Hall–Kier alpha value is -0.830. The van der Waals surface area contributed by atoms with E-state index in [1.807, 2.05) is 0 Å². The van der Waals surface area contributed by atoms with Gasteiger partial charge in [-0.15, -0.1) is 0 Å². The van der Waals surface area contributed by atoms with Crippen LogP contribution in [0.3, 0.4) is 0 Å². The molecule has 0 atom stereocenters. The zero-order chi connectivity index (χ0) is 7.28. The molecule has 0 radical (unpaired) electrons. The molecule has 0 aliphatic heterocycles. The van der Waals surface area contributed by atoms with Crippen LogP contribution in [-0.2, 0) is 9.53 Å². The Kier molecular flexibility index (Phi) is 3.71. The molecule has 3 nitrogen and oxygen atoms in total. The van der Waals surface area contributed by atoms with Crippen LogP contribution in [0, 0.1) is 0 Å². The van der Waals surface area contributed by atoms with Gasteiger partial charge in [0.15, 0.2) is 0 Å². The van der Waals surface area contributed by atoms with Gasteiger partial charge >= 0.3 is 5.97 Å². The maximum absolute atomic E-state index is 10.5. The third-order valence-electron chi connectivity index (χ3n) is 0.905. The molecule has 0 saturated heterocycles. The van der Waals surface area contributed by atoms with Crippen molar-refractivity contribution in [3.8, 4) is 0 Å². The topological polar surface area (TPSA) is 46.5 Å². The van der Waals surface area contributed by atoms with Crippen LogP contribution in [0.25, 0.3) is 0 Å². The second-order valence-electron chi connectivity index (χ2n) is 1.56. The summed E-state index contributed by atoms with van der Waals surface area (Å²) in [4.78, 5) is 10.5. The summed E-state index contributed by atoms with van der Waals surface area (Å²) >= 11 is 0. The number of methoxy groups -OCH3 is 1. The van der Waals surface area contributed by atoms with Crippen molar-refractivity contribution in [2.45, 2.75) is 6.92 Å². The SMILES string of the molecule is COC(=O)C(C)=CCO. The summed E-state index contributed by atoms with van der Waals surface area (Å²) in [5.41, 5.74) is 0.431. The molecule has 1 N–H and O–H groups in total. The summed E-state index contributed by atoms with van der Waals surface area (Å²) in [6.45, 7) is 1.46. The fraction of sp³-hybridized carbons (Fsp3) is 0.500. The van der Waals surface area contributed by atoms with Crippen molar-refractivity contribution < 1.29 is 14.6 Å². The highest BCUT2D eigenvalue weighted by atomic mass is 16.5. The number of ether oxygens (including phenoxy) is 1. The Labute approximate surface area is 53.9 Å². The zero-order valence-electron chi connectivity index (χ0n) is 5.55. The monoisotopic (exact) mass is 130 g/mol. The average molecular weight is 130 g/mol. The lowest BCUT2D eigenvalue weighted by atomic mass is 10.3. The van der Waals surface area contributed by atoms with Gasteiger partial charge in [0.1, 0.15) is 0 Å². The summed E-state index contributed by atoms with van der Waals surface area (Å²) in [5.74, 6) is -0.399. The van der Waals surface area contributed by atoms with Crippen LogP contribution in [0.15, 0.2) is 11.6 Å². The van der Waals surface area contributed by atoms with Gasteiger partial charge in [-0.25, -0.2) is 4.79 Å². The molecule has 0 bridgehead atoms. The zero-order valence-corrected chi connectivity index (χ0v) is 5.55. The lowest BCUT2D eigenvalue weighted by Gasteiger charge is -1.95. The molecule has 3 heteroatoms. The maximum atomic E-state index is 10.5. The summed E-state index contributed by atoms with van der Waals surface area (Å²) in [6, 6.07) is 0. The second-order valence-corrected chi connectivity index (χ2v) is 1.56. The summed E-state index contributed by atoms with van der Waals surface area (Å²) in [7, 11) is 1.30. The molecule has 0 aliphatic rings. The summed E-state index contributed by atoms with van der Waals surface area (Å²) in [5, 5.41) is 8.30. The minimum Gasteiger partial charge on any atom is -0.466 e. The first-order chi connectivity index (χ1) is 4.22. The highest BCUT2D eigenvalue weighted by Gasteiger charge is 1.99. The van der Waals surface area contributed by atoms with Crippen molar-refractivity contribution in [3.63, 3.8) is 0 Å². The first kappa shape index (κ1) is 8.17. The van der Waals surface area contributed by atoms with E-state index in [9.17, 15) is 4.79 Å². The number of aliphatic hydroxyl groups is 1.